The molecule has 0 aliphatic rings. The molecule has 4 aromatic heterocycles. The molecule has 0 aliphatic heterocycles. The molecule has 0 amide bonds. The van der Waals surface area contributed by atoms with Gasteiger partial charge in [-0.1, -0.05) is 54.6 Å². The van der Waals surface area contributed by atoms with Gasteiger partial charge < -0.3 is 21.4 Å². The van der Waals surface area contributed by atoms with Gasteiger partial charge >= 0.3 is 0 Å². The number of H-pyrrole nitrogens is 2. The van der Waals surface area contributed by atoms with E-state index in [4.69, 9.17) is 11.5 Å². The van der Waals surface area contributed by atoms with Crippen LogP contribution in [0.4, 0.5) is 11.6 Å². The number of anilines is 2. The number of nitrogens with two attached hydrogens (primary N) is 2. The molecule has 166 valence electrons. The summed E-state index contributed by atoms with van der Waals surface area (Å²) in [6.45, 7) is 0. The third-order valence-electron chi connectivity index (χ3n) is 5.61. The maximum Gasteiger partial charge on any atom is 0.183 e. The number of hydrogen-bond acceptors (Lipinski definition) is 8. The van der Waals surface area contributed by atoms with Gasteiger partial charge in [-0.2, -0.15) is 0 Å². The van der Waals surface area contributed by atoms with Crippen molar-refractivity contribution in [2.24, 2.45) is 0 Å². The molecule has 10 heteroatoms. The van der Waals surface area contributed by atoms with Crippen LogP contribution in [0.15, 0.2) is 60.9 Å². The van der Waals surface area contributed by atoms with Crippen molar-refractivity contribution in [2.75, 3.05) is 11.5 Å². The Labute approximate surface area is 193 Å². The highest BCUT2D eigenvalue weighted by molar-refractivity contribution is 5.84. The quantitative estimate of drug-likeness (QED) is 0.313. The summed E-state index contributed by atoms with van der Waals surface area (Å²) in [6.07, 6.45) is 2.63. The standard InChI is InChI=1S/C24H20N10/c25-20-18-23(28-12-27-18)34-22(33-20)15-9-5-4-8-14(15)11-17-30-21(26)19-24(32-17)31-16(29-19)10-13-6-2-1-3-7-13/h1-9,12H,10-11H2,(H3,25,27,28,33,34)(H3,26,29,30,31,32). The lowest BCUT2D eigenvalue weighted by molar-refractivity contribution is 0.986. The normalized spacial score (nSPS) is 11.4. The maximum atomic E-state index is 6.26. The van der Waals surface area contributed by atoms with E-state index in [9.17, 15) is 0 Å². The second-order valence-corrected chi connectivity index (χ2v) is 7.94. The van der Waals surface area contributed by atoms with Gasteiger partial charge in [0.05, 0.1) is 6.33 Å². The van der Waals surface area contributed by atoms with E-state index in [2.05, 4.69) is 52.0 Å². The van der Waals surface area contributed by atoms with Crippen LogP contribution in [0.3, 0.4) is 0 Å². The van der Waals surface area contributed by atoms with E-state index in [1.807, 2.05) is 42.5 Å². The van der Waals surface area contributed by atoms with Gasteiger partial charge in [-0.25, -0.2) is 29.9 Å². The topological polar surface area (TPSA) is 161 Å². The first-order chi connectivity index (χ1) is 16.6. The summed E-state index contributed by atoms with van der Waals surface area (Å²) >= 11 is 0. The maximum absolute atomic E-state index is 6.26. The van der Waals surface area contributed by atoms with Crippen molar-refractivity contribution >= 4 is 34.0 Å². The van der Waals surface area contributed by atoms with Crippen molar-refractivity contribution in [1.29, 1.82) is 0 Å². The van der Waals surface area contributed by atoms with Crippen LogP contribution >= 0.6 is 0 Å². The van der Waals surface area contributed by atoms with Gasteiger partial charge in [-0.15, -0.1) is 0 Å². The molecule has 0 saturated heterocycles. The zero-order valence-corrected chi connectivity index (χ0v) is 18.0. The highest BCUT2D eigenvalue weighted by Crippen LogP contribution is 2.26. The second kappa shape index (κ2) is 7.93. The van der Waals surface area contributed by atoms with E-state index in [0.717, 1.165) is 22.5 Å². The van der Waals surface area contributed by atoms with Gasteiger partial charge in [-0.05, 0) is 11.1 Å². The minimum absolute atomic E-state index is 0.344. The van der Waals surface area contributed by atoms with Gasteiger partial charge in [0, 0.05) is 18.4 Å². The summed E-state index contributed by atoms with van der Waals surface area (Å²) in [5.74, 6) is 2.55. The van der Waals surface area contributed by atoms with Crippen molar-refractivity contribution in [3.8, 4) is 11.4 Å². The van der Waals surface area contributed by atoms with Crippen molar-refractivity contribution in [3.63, 3.8) is 0 Å². The van der Waals surface area contributed by atoms with Crippen LogP contribution in [-0.4, -0.2) is 39.9 Å². The lowest BCUT2D eigenvalue weighted by Crippen LogP contribution is -2.04. The third kappa shape index (κ3) is 3.56. The second-order valence-electron chi connectivity index (χ2n) is 7.94. The van der Waals surface area contributed by atoms with Crippen LogP contribution in [0.5, 0.6) is 0 Å². The predicted molar refractivity (Wildman–Crippen MR) is 130 cm³/mol. The summed E-state index contributed by atoms with van der Waals surface area (Å²) in [7, 11) is 0. The van der Waals surface area contributed by atoms with E-state index in [1.54, 1.807) is 6.33 Å². The number of aromatic amines is 2. The first-order valence-electron chi connectivity index (χ1n) is 10.7. The fourth-order valence-corrected chi connectivity index (χ4v) is 4.00. The summed E-state index contributed by atoms with van der Waals surface area (Å²) < 4.78 is 0. The Morgan fingerprint density at radius 3 is 2.38 bits per heavy atom. The monoisotopic (exact) mass is 448 g/mol. The Morgan fingerprint density at radius 1 is 0.706 bits per heavy atom. The Hall–Kier alpha value is -4.86. The average molecular weight is 448 g/mol. The molecule has 0 aliphatic carbocycles. The fraction of sp³-hybridized carbons (Fsp3) is 0.0833. The highest BCUT2D eigenvalue weighted by Gasteiger charge is 2.16. The number of hydrogen-bond donors (Lipinski definition) is 4. The molecular formula is C24H20N10. The number of nitrogen functional groups attached to an aromatic ring is 2. The molecule has 0 atom stereocenters. The Morgan fingerprint density at radius 2 is 1.50 bits per heavy atom. The summed E-state index contributed by atoms with van der Waals surface area (Å²) in [5, 5.41) is 0. The van der Waals surface area contributed by atoms with E-state index in [1.165, 1.54) is 0 Å². The molecule has 4 heterocycles. The number of imidazole rings is 2. The lowest BCUT2D eigenvalue weighted by atomic mass is 10.0. The third-order valence-corrected chi connectivity index (χ3v) is 5.61. The Balaban J connectivity index is 1.35. The number of rotatable bonds is 5. The summed E-state index contributed by atoms with van der Waals surface area (Å²) in [5.41, 5.74) is 17.6. The largest absolute Gasteiger partial charge is 0.382 e. The van der Waals surface area contributed by atoms with Crippen LogP contribution in [0.1, 0.15) is 22.8 Å². The number of aromatic nitrogens is 8. The molecule has 6 rings (SSSR count). The number of fused-ring (bicyclic) bond motifs is 2. The molecule has 2 aromatic carbocycles. The SMILES string of the molecule is Nc1nc(-c2ccccc2Cc2nc(N)c3[nH]c(Cc4ccccc4)nc3n2)nc2nc[nH]c12. The van der Waals surface area contributed by atoms with Gasteiger partial charge in [0.2, 0.25) is 0 Å². The van der Waals surface area contributed by atoms with Crippen LogP contribution in [0, 0.1) is 0 Å². The average Bonchev–Trinajstić information content (AvgIpc) is 3.47. The Kier molecular flexibility index (Phi) is 4.61. The van der Waals surface area contributed by atoms with E-state index >= 15 is 0 Å². The zero-order chi connectivity index (χ0) is 23.1. The van der Waals surface area contributed by atoms with Gasteiger partial charge in [-0.3, -0.25) is 0 Å². The number of benzene rings is 2. The molecule has 0 spiro atoms. The van der Waals surface area contributed by atoms with Crippen LogP contribution in [0.25, 0.3) is 33.7 Å². The van der Waals surface area contributed by atoms with E-state index < -0.39 is 0 Å². The van der Waals surface area contributed by atoms with Gasteiger partial charge in [0.1, 0.15) is 22.7 Å². The molecule has 0 bridgehead atoms. The molecular weight excluding hydrogens is 428 g/mol. The molecule has 0 radical (unpaired) electrons. The first kappa shape index (κ1) is 19.8. The molecule has 0 unspecified atom stereocenters. The zero-order valence-electron chi connectivity index (χ0n) is 18.0. The number of nitrogens with one attached hydrogen (secondary N) is 2. The summed E-state index contributed by atoms with van der Waals surface area (Å²) in [4.78, 5) is 33.3. The fourth-order valence-electron chi connectivity index (χ4n) is 4.00. The Bertz CT molecular complexity index is 1630. The smallest absolute Gasteiger partial charge is 0.183 e. The summed E-state index contributed by atoms with van der Waals surface area (Å²) in [6, 6.07) is 17.9. The van der Waals surface area contributed by atoms with E-state index in [-0.39, 0.29) is 0 Å². The van der Waals surface area contributed by atoms with Crippen LogP contribution < -0.4 is 11.5 Å². The minimum atomic E-state index is 0.344. The molecule has 6 N–H and O–H groups in total. The minimum Gasteiger partial charge on any atom is -0.382 e. The van der Waals surface area contributed by atoms with Crippen molar-refractivity contribution < 1.29 is 0 Å². The van der Waals surface area contributed by atoms with Crippen molar-refractivity contribution in [3.05, 3.63) is 83.7 Å². The molecule has 6 aromatic rings. The number of nitrogens with zero attached hydrogens (tertiary/aromatic N) is 6. The molecule has 0 fully saturated rings. The molecule has 10 nitrogen and oxygen atoms in total. The van der Waals surface area contributed by atoms with Crippen LogP contribution in [0.2, 0.25) is 0 Å². The molecule has 0 saturated carbocycles. The van der Waals surface area contributed by atoms with Crippen LogP contribution in [-0.2, 0) is 12.8 Å². The van der Waals surface area contributed by atoms with Crippen molar-refractivity contribution in [1.82, 2.24) is 39.9 Å². The predicted octanol–water partition coefficient (Wildman–Crippen LogP) is 3.03. The first-order valence-corrected chi connectivity index (χ1v) is 10.7. The van der Waals surface area contributed by atoms with Crippen molar-refractivity contribution in [2.45, 2.75) is 12.8 Å². The van der Waals surface area contributed by atoms with Gasteiger partial charge in [0.15, 0.2) is 28.8 Å². The van der Waals surface area contributed by atoms with Gasteiger partial charge in [0.25, 0.3) is 0 Å². The molecule has 34 heavy (non-hydrogen) atoms. The van der Waals surface area contributed by atoms with E-state index in [0.29, 0.717) is 58.5 Å². The highest BCUT2D eigenvalue weighted by atomic mass is 15.1. The lowest BCUT2D eigenvalue weighted by Gasteiger charge is -2.09.